The molecule has 0 spiro atoms. The normalized spacial score (nSPS) is 30.2. The van der Waals surface area contributed by atoms with Crippen molar-refractivity contribution < 1.29 is 4.79 Å². The zero-order valence-corrected chi connectivity index (χ0v) is 9.04. The molecule has 1 aliphatic heterocycles. The first-order valence-electron chi connectivity index (χ1n) is 4.19. The molecular formula is C8H12N2OS2. The van der Waals surface area contributed by atoms with E-state index >= 15 is 0 Å². The third-order valence-electron chi connectivity index (χ3n) is 2.43. The minimum absolute atomic E-state index is 0.0472. The van der Waals surface area contributed by atoms with Crippen molar-refractivity contribution in [1.82, 2.24) is 10.6 Å². The number of hydrogen-bond acceptors (Lipinski definition) is 4. The lowest BCUT2D eigenvalue weighted by Gasteiger charge is -2.27. The number of hydrogen-bond donors (Lipinski definition) is 3. The van der Waals surface area contributed by atoms with Gasteiger partial charge in [-0.1, -0.05) is 0 Å². The first-order chi connectivity index (χ1) is 6.16. The molecule has 0 bridgehead atoms. The van der Waals surface area contributed by atoms with Gasteiger partial charge in [-0.25, -0.2) is 0 Å². The lowest BCUT2D eigenvalue weighted by atomic mass is 10.2. The predicted molar refractivity (Wildman–Crippen MR) is 57.6 cm³/mol. The number of thioether (sulfide) groups is 1. The summed E-state index contributed by atoms with van der Waals surface area (Å²) in [6.45, 7) is 0. The first-order valence-corrected chi connectivity index (χ1v) is 5.93. The van der Waals surface area contributed by atoms with Crippen LogP contribution in [0.1, 0.15) is 12.8 Å². The minimum atomic E-state index is -0.239. The van der Waals surface area contributed by atoms with Crippen LogP contribution in [0.3, 0.4) is 0 Å². The Hall–Kier alpha value is -0.290. The fourth-order valence-corrected chi connectivity index (χ4v) is 2.61. The molecule has 1 saturated carbocycles. The van der Waals surface area contributed by atoms with Gasteiger partial charge >= 0.3 is 0 Å². The summed E-state index contributed by atoms with van der Waals surface area (Å²) in [6.07, 6.45) is 6.04. The molecule has 1 fully saturated rings. The Bertz CT molecular complexity index is 273. The molecule has 1 heterocycles. The van der Waals surface area contributed by atoms with Crippen molar-refractivity contribution in [1.29, 1.82) is 0 Å². The summed E-state index contributed by atoms with van der Waals surface area (Å²) in [5.74, 6) is -0.0472. The largest absolute Gasteiger partial charge is 0.359 e. The monoisotopic (exact) mass is 216 g/mol. The summed E-state index contributed by atoms with van der Waals surface area (Å²) >= 11 is 5.99. The molecule has 2 N–H and O–H groups in total. The van der Waals surface area contributed by atoms with E-state index in [1.165, 1.54) is 0 Å². The summed E-state index contributed by atoms with van der Waals surface area (Å²) in [6, 6.07) is 0. The number of rotatable bonds is 2. The van der Waals surface area contributed by atoms with E-state index in [9.17, 15) is 4.79 Å². The van der Waals surface area contributed by atoms with Crippen LogP contribution in [-0.2, 0) is 4.79 Å². The molecule has 3 nitrogen and oxygen atoms in total. The van der Waals surface area contributed by atoms with Crippen LogP contribution in [-0.4, -0.2) is 22.4 Å². The Labute approximate surface area is 87.1 Å². The van der Waals surface area contributed by atoms with Gasteiger partial charge in [-0.2, -0.15) is 11.8 Å². The zero-order chi connectivity index (χ0) is 9.47. The highest BCUT2D eigenvalue weighted by atomic mass is 32.2. The third kappa shape index (κ3) is 1.67. The average Bonchev–Trinajstić information content (AvgIpc) is 2.82. The van der Waals surface area contributed by atoms with E-state index < -0.39 is 0 Å². The summed E-state index contributed by atoms with van der Waals surface area (Å²) in [4.78, 5) is 11.2. The van der Waals surface area contributed by atoms with Gasteiger partial charge in [0, 0.05) is 11.8 Å². The van der Waals surface area contributed by atoms with E-state index in [-0.39, 0.29) is 16.2 Å². The molecule has 1 unspecified atom stereocenters. The Balaban J connectivity index is 2.18. The molecule has 0 aromatic heterocycles. The van der Waals surface area contributed by atoms with Crippen molar-refractivity contribution in [2.45, 2.75) is 23.1 Å². The van der Waals surface area contributed by atoms with Gasteiger partial charge < -0.3 is 10.6 Å². The van der Waals surface area contributed by atoms with Crippen LogP contribution < -0.4 is 10.6 Å². The van der Waals surface area contributed by atoms with Gasteiger partial charge in [0.15, 0.2) is 0 Å². The molecule has 1 aliphatic carbocycles. The SMILES string of the molecule is CSC1(C2=CC(=O)NC(S)N2)CC1. The molecule has 72 valence electrons. The van der Waals surface area contributed by atoms with Gasteiger partial charge in [0.05, 0.1) is 4.75 Å². The van der Waals surface area contributed by atoms with E-state index in [0.29, 0.717) is 0 Å². The summed E-state index contributed by atoms with van der Waals surface area (Å²) in [7, 11) is 0. The Morgan fingerprint density at radius 1 is 1.62 bits per heavy atom. The highest BCUT2D eigenvalue weighted by Crippen LogP contribution is 2.52. The maximum Gasteiger partial charge on any atom is 0.248 e. The third-order valence-corrected chi connectivity index (χ3v) is 4.10. The molecule has 0 radical (unpaired) electrons. The van der Waals surface area contributed by atoms with Gasteiger partial charge in [0.1, 0.15) is 5.50 Å². The van der Waals surface area contributed by atoms with Crippen molar-refractivity contribution >= 4 is 30.3 Å². The van der Waals surface area contributed by atoms with Crippen molar-refractivity contribution in [3.8, 4) is 0 Å². The number of carbonyl (C=O) groups excluding carboxylic acids is 1. The van der Waals surface area contributed by atoms with Gasteiger partial charge in [-0.15, -0.1) is 12.6 Å². The van der Waals surface area contributed by atoms with E-state index in [2.05, 4.69) is 29.5 Å². The molecule has 5 heteroatoms. The van der Waals surface area contributed by atoms with Crippen LogP contribution in [0.25, 0.3) is 0 Å². The quantitative estimate of drug-likeness (QED) is 0.595. The predicted octanol–water partition coefficient (Wildman–Crippen LogP) is 0.699. The maximum atomic E-state index is 11.2. The molecule has 1 atom stereocenters. The second-order valence-corrected chi connectivity index (χ2v) is 5.02. The van der Waals surface area contributed by atoms with Crippen molar-refractivity contribution in [3.63, 3.8) is 0 Å². The molecule has 2 aliphatic rings. The second-order valence-electron chi connectivity index (χ2n) is 3.31. The molecule has 0 aromatic carbocycles. The van der Waals surface area contributed by atoms with Gasteiger partial charge in [0.2, 0.25) is 5.91 Å². The van der Waals surface area contributed by atoms with Crippen molar-refractivity contribution in [3.05, 3.63) is 11.8 Å². The fourth-order valence-electron chi connectivity index (χ4n) is 1.49. The van der Waals surface area contributed by atoms with E-state index in [0.717, 1.165) is 18.5 Å². The van der Waals surface area contributed by atoms with Crippen LogP contribution in [0.2, 0.25) is 0 Å². The number of thiol groups is 1. The van der Waals surface area contributed by atoms with Crippen LogP contribution in [0.15, 0.2) is 11.8 Å². The fraction of sp³-hybridized carbons (Fsp3) is 0.625. The lowest BCUT2D eigenvalue weighted by molar-refractivity contribution is -0.117. The van der Waals surface area contributed by atoms with E-state index in [1.807, 2.05) is 0 Å². The Morgan fingerprint density at radius 2 is 2.31 bits per heavy atom. The summed E-state index contributed by atoms with van der Waals surface area (Å²) < 4.78 is 0.179. The molecule has 0 aromatic rings. The second kappa shape index (κ2) is 3.13. The summed E-state index contributed by atoms with van der Waals surface area (Å²) in [5, 5.41) is 5.83. The van der Waals surface area contributed by atoms with Gasteiger partial charge in [-0.05, 0) is 19.1 Å². The topological polar surface area (TPSA) is 41.1 Å². The molecule has 0 saturated heterocycles. The molecular weight excluding hydrogens is 204 g/mol. The minimum Gasteiger partial charge on any atom is -0.359 e. The molecule has 13 heavy (non-hydrogen) atoms. The standard InChI is InChI=1S/C8H12N2OS2/c1-13-8(2-3-8)5-4-6(11)10-7(12)9-5/h4,7,9,12H,2-3H2,1H3,(H,10,11). The van der Waals surface area contributed by atoms with Crippen LogP contribution in [0.4, 0.5) is 0 Å². The lowest BCUT2D eigenvalue weighted by Crippen LogP contribution is -2.47. The van der Waals surface area contributed by atoms with E-state index in [4.69, 9.17) is 0 Å². The zero-order valence-electron chi connectivity index (χ0n) is 7.33. The highest BCUT2D eigenvalue weighted by molar-refractivity contribution is 8.00. The van der Waals surface area contributed by atoms with Gasteiger partial charge in [-0.3, -0.25) is 4.79 Å². The molecule has 1 amide bonds. The van der Waals surface area contributed by atoms with Crippen molar-refractivity contribution in [2.75, 3.05) is 6.26 Å². The Morgan fingerprint density at radius 3 is 2.77 bits per heavy atom. The highest BCUT2D eigenvalue weighted by Gasteiger charge is 2.47. The van der Waals surface area contributed by atoms with Crippen LogP contribution in [0.5, 0.6) is 0 Å². The van der Waals surface area contributed by atoms with Crippen LogP contribution >= 0.6 is 24.4 Å². The average molecular weight is 216 g/mol. The number of carbonyl (C=O) groups is 1. The van der Waals surface area contributed by atoms with Crippen LogP contribution in [0, 0.1) is 0 Å². The Kier molecular flexibility index (Phi) is 2.23. The molecule has 2 rings (SSSR count). The summed E-state index contributed by atoms with van der Waals surface area (Å²) in [5.41, 5.74) is 0.792. The number of amides is 1. The van der Waals surface area contributed by atoms with Gasteiger partial charge in [0.25, 0.3) is 0 Å². The van der Waals surface area contributed by atoms with Crippen molar-refractivity contribution in [2.24, 2.45) is 0 Å². The first kappa shape index (κ1) is 9.27. The maximum absolute atomic E-state index is 11.2. The smallest absolute Gasteiger partial charge is 0.248 e. The van der Waals surface area contributed by atoms with E-state index in [1.54, 1.807) is 17.8 Å². The number of nitrogens with one attached hydrogen (secondary N) is 2.